The summed E-state index contributed by atoms with van der Waals surface area (Å²) in [5, 5.41) is 7.85. The average molecular weight is 263 g/mol. The van der Waals surface area contributed by atoms with E-state index < -0.39 is 9.76 Å². The van der Waals surface area contributed by atoms with Gasteiger partial charge in [-0.05, 0) is 33.0 Å². The Balaban J connectivity index is 0.000000241. The molecule has 1 aliphatic rings. The van der Waals surface area contributed by atoms with Crippen molar-refractivity contribution in [1.82, 2.24) is 4.90 Å². The fraction of sp³-hybridized carbons (Fsp3) is 0.875. The maximum Gasteiger partial charge on any atom is 0.356 e. The zero-order valence-electron chi connectivity index (χ0n) is 7.97. The van der Waals surface area contributed by atoms with Crippen LogP contribution in [0.2, 0.25) is 0 Å². The molecule has 1 fully saturated rings. The van der Waals surface area contributed by atoms with Crippen molar-refractivity contribution >= 4 is 40.8 Å². The molecule has 0 saturated carbocycles. The van der Waals surface area contributed by atoms with E-state index in [2.05, 4.69) is 11.9 Å². The number of piperidine rings is 1. The normalized spacial score (nSPS) is 18.3. The van der Waals surface area contributed by atoms with Gasteiger partial charge < -0.3 is 10.0 Å². The molecule has 0 aromatic carbocycles. The Labute approximate surface area is 98.9 Å². The van der Waals surface area contributed by atoms with Gasteiger partial charge in [0.1, 0.15) is 0 Å². The van der Waals surface area contributed by atoms with Crippen molar-refractivity contribution in [1.29, 1.82) is 0 Å². The SMILES string of the molecule is CN1CCCCC1.O=C(O)C(Cl)(Cl)Cl. The van der Waals surface area contributed by atoms with Crippen LogP contribution in [0.25, 0.3) is 0 Å². The van der Waals surface area contributed by atoms with Gasteiger partial charge in [-0.3, -0.25) is 0 Å². The second kappa shape index (κ2) is 6.72. The Kier molecular flexibility index (Phi) is 6.87. The number of hydrogen-bond donors (Lipinski definition) is 1. The summed E-state index contributed by atoms with van der Waals surface area (Å²) >= 11 is 14.4. The van der Waals surface area contributed by atoms with Crippen LogP contribution in [0.3, 0.4) is 0 Å². The first kappa shape index (κ1) is 14.3. The quantitative estimate of drug-likeness (QED) is 0.682. The van der Waals surface area contributed by atoms with Crippen LogP contribution in [0.4, 0.5) is 0 Å². The second-order valence-corrected chi connectivity index (χ2v) is 5.45. The monoisotopic (exact) mass is 261 g/mol. The van der Waals surface area contributed by atoms with E-state index in [0.717, 1.165) is 0 Å². The lowest BCUT2D eigenvalue weighted by atomic mass is 10.1. The summed E-state index contributed by atoms with van der Waals surface area (Å²) < 4.78 is -2.17. The van der Waals surface area contributed by atoms with Crippen LogP contribution in [0.5, 0.6) is 0 Å². The van der Waals surface area contributed by atoms with E-state index in [4.69, 9.17) is 39.9 Å². The zero-order chi connectivity index (χ0) is 11.2. The molecule has 1 N–H and O–H groups in total. The van der Waals surface area contributed by atoms with E-state index in [1.54, 1.807) is 0 Å². The van der Waals surface area contributed by atoms with Crippen molar-refractivity contribution in [3.05, 3.63) is 0 Å². The summed E-state index contributed by atoms with van der Waals surface area (Å²) in [7, 11) is 2.19. The molecule has 1 heterocycles. The number of nitrogens with zero attached hydrogens (tertiary/aromatic N) is 1. The van der Waals surface area contributed by atoms with Crippen LogP contribution in [-0.2, 0) is 4.79 Å². The number of carboxylic acids is 1. The molecule has 3 nitrogen and oxygen atoms in total. The van der Waals surface area contributed by atoms with Gasteiger partial charge in [0, 0.05) is 0 Å². The molecule has 0 aromatic heterocycles. The van der Waals surface area contributed by atoms with Crippen LogP contribution in [0, 0.1) is 0 Å². The Morgan fingerprint density at radius 2 is 1.57 bits per heavy atom. The number of carbonyl (C=O) groups is 1. The maximum absolute atomic E-state index is 9.62. The predicted molar refractivity (Wildman–Crippen MR) is 59.3 cm³/mol. The Bertz CT molecular complexity index is 176. The van der Waals surface area contributed by atoms with Gasteiger partial charge in [0.25, 0.3) is 3.79 Å². The summed E-state index contributed by atoms with van der Waals surface area (Å²) in [4.78, 5) is 12.0. The number of rotatable bonds is 0. The van der Waals surface area contributed by atoms with Crippen LogP contribution < -0.4 is 0 Å². The first-order chi connectivity index (χ1) is 6.34. The lowest BCUT2D eigenvalue weighted by Gasteiger charge is -2.20. The van der Waals surface area contributed by atoms with Gasteiger partial charge in [-0.2, -0.15) is 0 Å². The van der Waals surface area contributed by atoms with E-state index in [-0.39, 0.29) is 0 Å². The van der Waals surface area contributed by atoms with E-state index >= 15 is 0 Å². The molecule has 1 rings (SSSR count). The van der Waals surface area contributed by atoms with Crippen LogP contribution in [0.15, 0.2) is 0 Å². The van der Waals surface area contributed by atoms with Crippen LogP contribution >= 0.6 is 34.8 Å². The molecular formula is C8H14Cl3NO2. The van der Waals surface area contributed by atoms with Crippen molar-refractivity contribution in [2.75, 3.05) is 20.1 Å². The van der Waals surface area contributed by atoms with Gasteiger partial charge in [-0.25, -0.2) is 4.79 Å². The molecule has 1 aliphatic heterocycles. The number of alkyl halides is 3. The Hall–Kier alpha value is 0.300. The summed E-state index contributed by atoms with van der Waals surface area (Å²) in [6, 6.07) is 0. The third kappa shape index (κ3) is 7.68. The van der Waals surface area contributed by atoms with E-state index in [0.29, 0.717) is 0 Å². The predicted octanol–water partition coefficient (Wildman–Crippen LogP) is 2.54. The highest BCUT2D eigenvalue weighted by atomic mass is 35.6. The van der Waals surface area contributed by atoms with E-state index in [1.807, 2.05) is 0 Å². The standard InChI is InChI=1S/C6H13N.C2HCl3O2/c1-7-5-3-2-4-6-7;3-2(4,5)1(6)7/h2-6H2,1H3;(H,6,7). The number of likely N-dealkylation sites (tertiary alicyclic amines) is 1. The molecule has 14 heavy (non-hydrogen) atoms. The van der Waals surface area contributed by atoms with Crippen molar-refractivity contribution in [3.63, 3.8) is 0 Å². The summed E-state index contributed by atoms with van der Waals surface area (Å²) in [6.45, 7) is 2.64. The smallest absolute Gasteiger partial charge is 0.356 e. The van der Waals surface area contributed by atoms with Gasteiger partial charge >= 0.3 is 5.97 Å². The molecule has 0 spiro atoms. The molecule has 0 bridgehead atoms. The van der Waals surface area contributed by atoms with Crippen molar-refractivity contribution in [3.8, 4) is 0 Å². The largest absolute Gasteiger partial charge is 0.478 e. The van der Waals surface area contributed by atoms with Crippen LogP contribution in [-0.4, -0.2) is 39.9 Å². The molecule has 0 aliphatic carbocycles. The molecule has 0 amide bonds. The fourth-order valence-corrected chi connectivity index (χ4v) is 1.05. The number of hydrogen-bond acceptors (Lipinski definition) is 2. The molecule has 0 radical (unpaired) electrons. The van der Waals surface area contributed by atoms with Gasteiger partial charge in [0.05, 0.1) is 0 Å². The topological polar surface area (TPSA) is 40.5 Å². The molecule has 0 atom stereocenters. The van der Waals surface area contributed by atoms with E-state index in [1.165, 1.54) is 32.4 Å². The highest BCUT2D eigenvalue weighted by Gasteiger charge is 2.29. The van der Waals surface area contributed by atoms with Crippen molar-refractivity contribution < 1.29 is 9.90 Å². The maximum atomic E-state index is 9.62. The summed E-state index contributed by atoms with van der Waals surface area (Å²) in [5.41, 5.74) is 0. The average Bonchev–Trinajstić information content (AvgIpc) is 2.04. The molecule has 0 aromatic rings. The zero-order valence-corrected chi connectivity index (χ0v) is 10.2. The molecular weight excluding hydrogens is 248 g/mol. The van der Waals surface area contributed by atoms with Gasteiger partial charge in [0.2, 0.25) is 0 Å². The van der Waals surface area contributed by atoms with Gasteiger partial charge in [-0.15, -0.1) is 0 Å². The van der Waals surface area contributed by atoms with Crippen LogP contribution in [0.1, 0.15) is 19.3 Å². The lowest BCUT2D eigenvalue weighted by molar-refractivity contribution is -0.135. The fourth-order valence-electron chi connectivity index (χ4n) is 1.05. The van der Waals surface area contributed by atoms with Crippen molar-refractivity contribution in [2.45, 2.75) is 23.1 Å². The van der Waals surface area contributed by atoms with E-state index in [9.17, 15) is 4.79 Å². The first-order valence-corrected chi connectivity index (χ1v) is 5.46. The molecule has 0 unspecified atom stereocenters. The lowest BCUT2D eigenvalue weighted by Crippen LogP contribution is -2.24. The Morgan fingerprint density at radius 1 is 1.21 bits per heavy atom. The minimum Gasteiger partial charge on any atom is -0.478 e. The second-order valence-electron chi connectivity index (χ2n) is 3.17. The minimum atomic E-state index is -2.17. The molecule has 1 saturated heterocycles. The highest BCUT2D eigenvalue weighted by molar-refractivity contribution is 6.75. The van der Waals surface area contributed by atoms with Crippen molar-refractivity contribution in [2.24, 2.45) is 0 Å². The van der Waals surface area contributed by atoms with Gasteiger partial charge in [0.15, 0.2) is 0 Å². The highest BCUT2D eigenvalue weighted by Crippen LogP contribution is 2.25. The molecule has 6 heteroatoms. The number of halogens is 3. The summed E-state index contributed by atoms with van der Waals surface area (Å²) in [6.07, 6.45) is 4.28. The third-order valence-corrected chi connectivity index (χ3v) is 2.31. The van der Waals surface area contributed by atoms with Gasteiger partial charge in [-0.1, -0.05) is 41.2 Å². The minimum absolute atomic E-state index is 1.32. The number of aliphatic carboxylic acids is 1. The first-order valence-electron chi connectivity index (χ1n) is 4.32. The summed E-state index contributed by atoms with van der Waals surface area (Å²) in [5.74, 6) is -1.46. The number of carboxylic acid groups (broad SMARTS) is 1. The third-order valence-electron chi connectivity index (χ3n) is 1.82. The Morgan fingerprint density at radius 3 is 1.71 bits per heavy atom. The molecule has 84 valence electrons.